The molecule has 0 saturated carbocycles. The molecular formula is C22H22. The van der Waals surface area contributed by atoms with Gasteiger partial charge in [0.25, 0.3) is 0 Å². The van der Waals surface area contributed by atoms with Crippen LogP contribution in [0.25, 0.3) is 11.6 Å². The first kappa shape index (κ1) is 15.8. The van der Waals surface area contributed by atoms with Crippen LogP contribution in [0, 0.1) is 6.92 Å². The molecule has 0 fully saturated rings. The van der Waals surface area contributed by atoms with Crippen LogP contribution in [0.15, 0.2) is 91.1 Å². The topological polar surface area (TPSA) is 0 Å². The van der Waals surface area contributed by atoms with Crippen molar-refractivity contribution in [2.24, 2.45) is 0 Å². The van der Waals surface area contributed by atoms with E-state index in [-0.39, 0.29) is 0 Å². The molecule has 0 heteroatoms. The molecule has 0 saturated heterocycles. The molecular weight excluding hydrogens is 264 g/mol. The zero-order valence-electron chi connectivity index (χ0n) is 13.2. The summed E-state index contributed by atoms with van der Waals surface area (Å²) >= 11 is 0. The number of aryl methyl sites for hydroxylation is 1. The molecule has 110 valence electrons. The van der Waals surface area contributed by atoms with Gasteiger partial charge in [0.2, 0.25) is 0 Å². The quantitative estimate of drug-likeness (QED) is 0.572. The van der Waals surface area contributed by atoms with Crippen molar-refractivity contribution in [2.75, 3.05) is 0 Å². The molecule has 0 heterocycles. The molecule has 22 heavy (non-hydrogen) atoms. The van der Waals surface area contributed by atoms with E-state index in [1.807, 2.05) is 24.3 Å². The van der Waals surface area contributed by atoms with Gasteiger partial charge in [-0.3, -0.25) is 0 Å². The maximum absolute atomic E-state index is 2.17. The second-order valence-corrected chi connectivity index (χ2v) is 5.26. The lowest BCUT2D eigenvalue weighted by Gasteiger charge is -1.97. The molecule has 0 N–H and O–H groups in total. The molecule has 0 bridgehead atoms. The standard InChI is InChI=1S/C22H22/c1-19-12-11-15-21(18-19)14-8-5-3-4-7-13-20(2)22-16-9-6-10-17-22/h3-18H,1-2H3/b5-3?,7-4?,14-8-,20-13?. The SMILES string of the molecule is CC(=CC=CC=C/C=C\c1cccc(C)c1)c1ccccc1. The van der Waals surface area contributed by atoms with Crippen molar-refractivity contribution in [1.29, 1.82) is 0 Å². The first-order valence-electron chi connectivity index (χ1n) is 7.56. The summed E-state index contributed by atoms with van der Waals surface area (Å²) in [6, 6.07) is 18.9. The predicted molar refractivity (Wildman–Crippen MR) is 98.6 cm³/mol. The first-order chi connectivity index (χ1) is 10.8. The normalized spacial score (nSPS) is 12.7. The Labute approximate surface area is 133 Å². The molecule has 0 amide bonds. The van der Waals surface area contributed by atoms with Gasteiger partial charge in [0.05, 0.1) is 0 Å². The summed E-state index contributed by atoms with van der Waals surface area (Å²) < 4.78 is 0. The van der Waals surface area contributed by atoms with Gasteiger partial charge in [0.1, 0.15) is 0 Å². The van der Waals surface area contributed by atoms with Gasteiger partial charge in [0.15, 0.2) is 0 Å². The summed E-state index contributed by atoms with van der Waals surface area (Å²) in [6.45, 7) is 4.23. The highest BCUT2D eigenvalue weighted by Crippen LogP contribution is 2.12. The number of benzene rings is 2. The third-order valence-corrected chi connectivity index (χ3v) is 3.35. The van der Waals surface area contributed by atoms with Gasteiger partial charge in [-0.25, -0.2) is 0 Å². The minimum absolute atomic E-state index is 1.23. The zero-order valence-corrected chi connectivity index (χ0v) is 13.2. The molecule has 2 aromatic rings. The van der Waals surface area contributed by atoms with Crippen molar-refractivity contribution >= 4 is 11.6 Å². The molecule has 0 radical (unpaired) electrons. The largest absolute Gasteiger partial charge is 0.0623 e. The second-order valence-electron chi connectivity index (χ2n) is 5.26. The van der Waals surface area contributed by atoms with E-state index in [1.54, 1.807) is 0 Å². The van der Waals surface area contributed by atoms with Crippen LogP contribution in [0.2, 0.25) is 0 Å². The lowest BCUT2D eigenvalue weighted by atomic mass is 10.1. The Morgan fingerprint density at radius 2 is 1.50 bits per heavy atom. The lowest BCUT2D eigenvalue weighted by molar-refractivity contribution is 1.46. The van der Waals surface area contributed by atoms with E-state index in [1.165, 1.54) is 22.3 Å². The van der Waals surface area contributed by atoms with E-state index in [4.69, 9.17) is 0 Å². The highest BCUT2D eigenvalue weighted by atomic mass is 14.0. The minimum atomic E-state index is 1.23. The van der Waals surface area contributed by atoms with Gasteiger partial charge in [-0.05, 0) is 30.5 Å². The van der Waals surface area contributed by atoms with Crippen molar-refractivity contribution in [1.82, 2.24) is 0 Å². The Kier molecular flexibility index (Phi) is 6.19. The molecule has 2 rings (SSSR count). The highest BCUT2D eigenvalue weighted by molar-refractivity contribution is 5.65. The fourth-order valence-electron chi connectivity index (χ4n) is 2.13. The fourth-order valence-corrected chi connectivity index (χ4v) is 2.13. The summed E-state index contributed by atoms with van der Waals surface area (Å²) in [4.78, 5) is 0. The number of rotatable bonds is 5. The van der Waals surface area contributed by atoms with Crippen LogP contribution in [0.1, 0.15) is 23.6 Å². The van der Waals surface area contributed by atoms with Crippen molar-refractivity contribution in [3.63, 3.8) is 0 Å². The smallest absolute Gasteiger partial charge is 0.0227 e. The summed E-state index contributed by atoms with van der Waals surface area (Å²) in [5.41, 5.74) is 5.04. The monoisotopic (exact) mass is 286 g/mol. The van der Waals surface area contributed by atoms with E-state index >= 15 is 0 Å². The molecule has 0 aliphatic carbocycles. The van der Waals surface area contributed by atoms with Gasteiger partial charge in [-0.15, -0.1) is 0 Å². The van der Waals surface area contributed by atoms with Gasteiger partial charge in [0, 0.05) is 0 Å². The van der Waals surface area contributed by atoms with E-state index in [9.17, 15) is 0 Å². The Hall–Kier alpha value is -2.60. The average Bonchev–Trinajstić information content (AvgIpc) is 2.54. The van der Waals surface area contributed by atoms with Crippen LogP contribution in [0.5, 0.6) is 0 Å². The van der Waals surface area contributed by atoms with Crippen LogP contribution in [-0.2, 0) is 0 Å². The molecule has 0 atom stereocenters. The molecule has 2 aromatic carbocycles. The van der Waals surface area contributed by atoms with Crippen molar-refractivity contribution in [3.8, 4) is 0 Å². The second kappa shape index (κ2) is 8.63. The third-order valence-electron chi connectivity index (χ3n) is 3.35. The number of allylic oxidation sites excluding steroid dienone is 7. The molecule has 0 spiro atoms. The lowest BCUT2D eigenvalue weighted by Crippen LogP contribution is -1.75. The Balaban J connectivity index is 1.87. The molecule has 0 nitrogen and oxygen atoms in total. The first-order valence-corrected chi connectivity index (χ1v) is 7.56. The predicted octanol–water partition coefficient (Wildman–Crippen LogP) is 6.22. The van der Waals surface area contributed by atoms with Gasteiger partial charge in [-0.2, -0.15) is 0 Å². The maximum atomic E-state index is 2.17. The molecule has 0 aliphatic heterocycles. The van der Waals surface area contributed by atoms with Crippen molar-refractivity contribution in [3.05, 3.63) is 108 Å². The van der Waals surface area contributed by atoms with Crippen LogP contribution in [0.4, 0.5) is 0 Å². The Morgan fingerprint density at radius 1 is 0.773 bits per heavy atom. The van der Waals surface area contributed by atoms with Crippen molar-refractivity contribution < 1.29 is 0 Å². The van der Waals surface area contributed by atoms with E-state index < -0.39 is 0 Å². The van der Waals surface area contributed by atoms with Crippen LogP contribution < -0.4 is 0 Å². The molecule has 0 aliphatic rings. The Bertz CT molecular complexity index is 698. The van der Waals surface area contributed by atoms with Crippen molar-refractivity contribution in [2.45, 2.75) is 13.8 Å². The van der Waals surface area contributed by atoms with Crippen LogP contribution in [0.3, 0.4) is 0 Å². The zero-order chi connectivity index (χ0) is 15.6. The highest BCUT2D eigenvalue weighted by Gasteiger charge is 1.90. The average molecular weight is 286 g/mol. The van der Waals surface area contributed by atoms with Gasteiger partial charge in [-0.1, -0.05) is 103 Å². The number of hydrogen-bond donors (Lipinski definition) is 0. The fraction of sp³-hybridized carbons (Fsp3) is 0.0909. The maximum Gasteiger partial charge on any atom is -0.0227 e. The van der Waals surface area contributed by atoms with E-state index in [0.717, 1.165) is 0 Å². The van der Waals surface area contributed by atoms with Gasteiger partial charge < -0.3 is 0 Å². The summed E-state index contributed by atoms with van der Waals surface area (Å²) in [5.74, 6) is 0. The molecule has 0 aromatic heterocycles. The summed E-state index contributed by atoms with van der Waals surface area (Å²) in [6.07, 6.45) is 14.5. The van der Waals surface area contributed by atoms with Crippen LogP contribution >= 0.6 is 0 Å². The Morgan fingerprint density at radius 3 is 2.27 bits per heavy atom. The number of hydrogen-bond acceptors (Lipinski definition) is 0. The summed E-state index contributed by atoms with van der Waals surface area (Å²) in [5, 5.41) is 0. The molecule has 0 unspecified atom stereocenters. The van der Waals surface area contributed by atoms with Gasteiger partial charge >= 0.3 is 0 Å². The third kappa shape index (κ3) is 5.41. The van der Waals surface area contributed by atoms with E-state index in [2.05, 4.69) is 86.7 Å². The minimum Gasteiger partial charge on any atom is -0.0623 e. The summed E-state index contributed by atoms with van der Waals surface area (Å²) in [7, 11) is 0. The van der Waals surface area contributed by atoms with E-state index in [0.29, 0.717) is 0 Å². The van der Waals surface area contributed by atoms with Crippen LogP contribution in [-0.4, -0.2) is 0 Å².